The van der Waals surface area contributed by atoms with Crippen LogP contribution in [0.1, 0.15) is 55.4 Å². The largest absolute Gasteiger partial charge is 0.454 e. The van der Waals surface area contributed by atoms with E-state index >= 15 is 0 Å². The van der Waals surface area contributed by atoms with E-state index in [2.05, 4.69) is 0 Å². The number of hydrogen-bond acceptors (Lipinski definition) is 4. The summed E-state index contributed by atoms with van der Waals surface area (Å²) in [6.07, 6.45) is 4.85. The van der Waals surface area contributed by atoms with Gasteiger partial charge in [-0.3, -0.25) is 4.79 Å². The zero-order valence-electron chi connectivity index (χ0n) is 14.8. The molecular weight excluding hydrogens is 326 g/mol. The van der Waals surface area contributed by atoms with Crippen molar-refractivity contribution in [1.29, 1.82) is 0 Å². The van der Waals surface area contributed by atoms with Gasteiger partial charge in [0.25, 0.3) is 0 Å². The number of hydroxylamine groups is 2. The van der Waals surface area contributed by atoms with Crippen molar-refractivity contribution in [3.63, 3.8) is 0 Å². The van der Waals surface area contributed by atoms with E-state index in [9.17, 15) is 10.0 Å². The van der Waals surface area contributed by atoms with Crippen molar-refractivity contribution in [3.8, 4) is 0 Å². The average Bonchev–Trinajstić information content (AvgIpc) is 2.70. The van der Waals surface area contributed by atoms with Crippen LogP contribution in [-0.4, -0.2) is 22.3 Å². The first-order chi connectivity index (χ1) is 12.8. The van der Waals surface area contributed by atoms with Crippen LogP contribution in [0.2, 0.25) is 0 Å². The summed E-state index contributed by atoms with van der Waals surface area (Å²) in [6, 6.07) is 18.6. The first-order valence-corrected chi connectivity index (χ1v) is 9.53. The van der Waals surface area contributed by atoms with Crippen molar-refractivity contribution in [2.45, 2.75) is 50.3 Å². The lowest BCUT2D eigenvalue weighted by Gasteiger charge is -2.45. The Kier molecular flexibility index (Phi) is 5.05. The molecule has 0 unspecified atom stereocenters. The predicted molar refractivity (Wildman–Crippen MR) is 98.4 cm³/mol. The summed E-state index contributed by atoms with van der Waals surface area (Å²) in [6.45, 7) is 0. The van der Waals surface area contributed by atoms with E-state index in [-0.39, 0.29) is 11.9 Å². The van der Waals surface area contributed by atoms with E-state index in [1.807, 2.05) is 60.7 Å². The molecule has 1 saturated heterocycles. The number of benzene rings is 2. The molecule has 26 heavy (non-hydrogen) atoms. The van der Waals surface area contributed by atoms with Gasteiger partial charge in [0, 0.05) is 0 Å². The standard InChI is InChI=1S/C22H25NO3/c24-22-20(17-12-6-2-7-13-17)23(25)19(16-10-4-1-5-11-16)21(26-22)18-14-8-3-9-15-18/h1,3-5,8-11,14-15,17,19-21,25H,2,6-7,12-13H2/t19-,20-,21+/m1/s1. The highest BCUT2D eigenvalue weighted by Crippen LogP contribution is 2.44. The lowest BCUT2D eigenvalue weighted by Crippen LogP contribution is -2.53. The minimum absolute atomic E-state index is 0.157. The van der Waals surface area contributed by atoms with E-state index in [4.69, 9.17) is 4.74 Å². The summed E-state index contributed by atoms with van der Waals surface area (Å²) in [5.74, 6) is -0.149. The quantitative estimate of drug-likeness (QED) is 0.817. The molecule has 1 saturated carbocycles. The van der Waals surface area contributed by atoms with E-state index in [0.717, 1.165) is 36.8 Å². The Morgan fingerprint density at radius 3 is 2.00 bits per heavy atom. The van der Waals surface area contributed by atoms with Gasteiger partial charge in [0.05, 0.1) is 0 Å². The lowest BCUT2D eigenvalue weighted by atomic mass is 9.81. The summed E-state index contributed by atoms with van der Waals surface area (Å²) in [5, 5.41) is 12.5. The molecule has 3 atom stereocenters. The molecule has 0 amide bonds. The van der Waals surface area contributed by atoms with Gasteiger partial charge in [-0.2, -0.15) is 5.06 Å². The van der Waals surface area contributed by atoms with Gasteiger partial charge in [0.15, 0.2) is 0 Å². The normalized spacial score (nSPS) is 27.9. The Labute approximate surface area is 154 Å². The van der Waals surface area contributed by atoms with Crippen molar-refractivity contribution >= 4 is 5.97 Å². The van der Waals surface area contributed by atoms with Crippen LogP contribution < -0.4 is 0 Å². The topological polar surface area (TPSA) is 49.8 Å². The van der Waals surface area contributed by atoms with Crippen molar-refractivity contribution in [2.24, 2.45) is 5.92 Å². The molecule has 2 aromatic carbocycles. The average molecular weight is 351 g/mol. The molecular formula is C22H25NO3. The number of carbonyl (C=O) groups is 1. The molecule has 1 aliphatic carbocycles. The molecule has 2 aromatic rings. The van der Waals surface area contributed by atoms with Crippen LogP contribution in [0.5, 0.6) is 0 Å². The Balaban J connectivity index is 1.71. The third-order valence-electron chi connectivity index (χ3n) is 5.71. The second-order valence-corrected chi connectivity index (χ2v) is 7.35. The van der Waals surface area contributed by atoms with Gasteiger partial charge < -0.3 is 9.94 Å². The maximum absolute atomic E-state index is 12.8. The maximum Gasteiger partial charge on any atom is 0.326 e. The number of morpholine rings is 1. The van der Waals surface area contributed by atoms with Gasteiger partial charge in [-0.1, -0.05) is 79.9 Å². The van der Waals surface area contributed by atoms with Crippen LogP contribution in [0, 0.1) is 5.92 Å². The van der Waals surface area contributed by atoms with Gasteiger partial charge in [-0.05, 0) is 29.9 Å². The van der Waals surface area contributed by atoms with E-state index in [1.54, 1.807) is 0 Å². The molecule has 0 bridgehead atoms. The predicted octanol–water partition coefficient (Wildman–Crippen LogP) is 4.67. The fourth-order valence-electron chi connectivity index (χ4n) is 4.41. The van der Waals surface area contributed by atoms with Gasteiger partial charge in [0.1, 0.15) is 18.2 Å². The SMILES string of the molecule is O=C1O[C@@H](c2ccccc2)[C@@H](c2ccccc2)N(O)[C@@H]1C1CCCCC1. The van der Waals surface area contributed by atoms with Crippen molar-refractivity contribution in [1.82, 2.24) is 5.06 Å². The molecule has 0 spiro atoms. The molecule has 4 nitrogen and oxygen atoms in total. The maximum atomic E-state index is 12.8. The molecule has 2 aliphatic rings. The van der Waals surface area contributed by atoms with Crippen molar-refractivity contribution in [2.75, 3.05) is 0 Å². The van der Waals surface area contributed by atoms with Crippen LogP contribution in [0.3, 0.4) is 0 Å². The Morgan fingerprint density at radius 1 is 0.808 bits per heavy atom. The summed E-state index contributed by atoms with van der Waals surface area (Å²) in [7, 11) is 0. The number of nitrogens with zero attached hydrogens (tertiary/aromatic N) is 1. The fourth-order valence-corrected chi connectivity index (χ4v) is 4.41. The monoisotopic (exact) mass is 351 g/mol. The zero-order chi connectivity index (χ0) is 17.9. The summed E-state index contributed by atoms with van der Waals surface area (Å²) in [4.78, 5) is 12.8. The Bertz CT molecular complexity index is 728. The molecule has 4 rings (SSSR count). The van der Waals surface area contributed by atoms with Crippen LogP contribution >= 0.6 is 0 Å². The van der Waals surface area contributed by atoms with E-state index in [0.29, 0.717) is 0 Å². The van der Waals surface area contributed by atoms with Gasteiger partial charge >= 0.3 is 5.97 Å². The Hall–Kier alpha value is -2.17. The number of carbonyl (C=O) groups excluding carboxylic acids is 1. The highest BCUT2D eigenvalue weighted by Gasteiger charge is 2.48. The number of hydrogen-bond donors (Lipinski definition) is 1. The number of rotatable bonds is 3. The first-order valence-electron chi connectivity index (χ1n) is 9.53. The number of esters is 1. The van der Waals surface area contributed by atoms with Gasteiger partial charge in [-0.15, -0.1) is 0 Å². The molecule has 2 fully saturated rings. The third-order valence-corrected chi connectivity index (χ3v) is 5.71. The minimum atomic E-state index is -0.583. The highest BCUT2D eigenvalue weighted by molar-refractivity contribution is 5.77. The smallest absolute Gasteiger partial charge is 0.326 e. The molecule has 4 heteroatoms. The first kappa shape index (κ1) is 17.3. The summed E-state index contributed by atoms with van der Waals surface area (Å²) in [5.41, 5.74) is 1.85. The fraction of sp³-hybridized carbons (Fsp3) is 0.409. The third kappa shape index (κ3) is 3.27. The molecule has 1 N–H and O–H groups in total. The van der Waals surface area contributed by atoms with Crippen LogP contribution in [0.15, 0.2) is 60.7 Å². The summed E-state index contributed by atoms with van der Waals surface area (Å²) < 4.78 is 5.94. The Morgan fingerprint density at radius 2 is 1.38 bits per heavy atom. The van der Waals surface area contributed by atoms with Crippen LogP contribution in [0.4, 0.5) is 0 Å². The van der Waals surface area contributed by atoms with E-state index < -0.39 is 18.2 Å². The highest BCUT2D eigenvalue weighted by atomic mass is 16.6. The van der Waals surface area contributed by atoms with Crippen molar-refractivity contribution in [3.05, 3.63) is 71.8 Å². The van der Waals surface area contributed by atoms with Gasteiger partial charge in [-0.25, -0.2) is 0 Å². The lowest BCUT2D eigenvalue weighted by molar-refractivity contribution is -0.247. The second kappa shape index (κ2) is 7.60. The molecule has 1 aliphatic heterocycles. The summed E-state index contributed by atoms with van der Waals surface area (Å²) >= 11 is 0. The molecule has 1 heterocycles. The molecule has 136 valence electrons. The van der Waals surface area contributed by atoms with Gasteiger partial charge in [0.2, 0.25) is 0 Å². The van der Waals surface area contributed by atoms with Crippen LogP contribution in [0.25, 0.3) is 0 Å². The minimum Gasteiger partial charge on any atom is -0.454 e. The zero-order valence-corrected chi connectivity index (χ0v) is 14.8. The number of ether oxygens (including phenoxy) is 1. The second-order valence-electron chi connectivity index (χ2n) is 7.35. The molecule has 0 aromatic heterocycles. The molecule has 0 radical (unpaired) electrons. The number of cyclic esters (lactones) is 1. The van der Waals surface area contributed by atoms with E-state index in [1.165, 1.54) is 11.5 Å². The van der Waals surface area contributed by atoms with Crippen molar-refractivity contribution < 1.29 is 14.7 Å². The van der Waals surface area contributed by atoms with Crippen LogP contribution in [-0.2, 0) is 9.53 Å².